The first kappa shape index (κ1) is 20.8. The van der Waals surface area contributed by atoms with Crippen LogP contribution in [0, 0.1) is 11.7 Å². The smallest absolute Gasteiger partial charge is 0.227 e. The lowest BCUT2D eigenvalue weighted by Gasteiger charge is -2.39. The Hall–Kier alpha value is -2.50. The number of carbonyl (C=O) groups excluding carboxylic acids is 1. The zero-order valence-corrected chi connectivity index (χ0v) is 17.8. The molecular formula is C24H31FN4O. The summed E-state index contributed by atoms with van der Waals surface area (Å²) in [7, 11) is 0. The predicted molar refractivity (Wildman–Crippen MR) is 117 cm³/mol. The van der Waals surface area contributed by atoms with Gasteiger partial charge >= 0.3 is 0 Å². The minimum atomic E-state index is -0.262. The Labute approximate surface area is 178 Å². The molecule has 1 saturated carbocycles. The maximum absolute atomic E-state index is 13.3. The van der Waals surface area contributed by atoms with Gasteiger partial charge in [-0.1, -0.05) is 19.3 Å². The third-order valence-corrected chi connectivity index (χ3v) is 6.52. The van der Waals surface area contributed by atoms with Crippen molar-refractivity contribution in [2.75, 3.05) is 24.5 Å². The first-order valence-electron chi connectivity index (χ1n) is 11.3. The first-order chi connectivity index (χ1) is 14.7. The van der Waals surface area contributed by atoms with E-state index in [9.17, 15) is 9.18 Å². The molecule has 0 N–H and O–H groups in total. The second kappa shape index (κ2) is 9.54. The summed E-state index contributed by atoms with van der Waals surface area (Å²) in [6, 6.07) is 10.6. The van der Waals surface area contributed by atoms with Crippen LogP contribution in [0.1, 0.15) is 51.9 Å². The molecule has 0 radical (unpaired) electrons. The molecule has 0 bridgehead atoms. The van der Waals surface area contributed by atoms with Crippen molar-refractivity contribution >= 4 is 11.7 Å². The van der Waals surface area contributed by atoms with Crippen molar-refractivity contribution in [1.29, 1.82) is 0 Å². The lowest BCUT2D eigenvalue weighted by atomic mass is 9.91. The van der Waals surface area contributed by atoms with E-state index in [4.69, 9.17) is 0 Å². The number of halogens is 1. The van der Waals surface area contributed by atoms with Crippen LogP contribution in [0.4, 0.5) is 10.2 Å². The quantitative estimate of drug-likeness (QED) is 0.718. The van der Waals surface area contributed by atoms with Crippen LogP contribution in [-0.2, 0) is 4.79 Å². The topological polar surface area (TPSA) is 49.3 Å². The van der Waals surface area contributed by atoms with Crippen molar-refractivity contribution in [3.63, 3.8) is 0 Å². The van der Waals surface area contributed by atoms with Crippen LogP contribution in [0.5, 0.6) is 0 Å². The number of nitrogens with zero attached hydrogens (tertiary/aromatic N) is 4. The number of piperidine rings is 1. The molecular weight excluding hydrogens is 379 g/mol. The molecule has 1 aliphatic heterocycles. The summed E-state index contributed by atoms with van der Waals surface area (Å²) in [6.45, 7) is 4.50. The van der Waals surface area contributed by atoms with Crippen LogP contribution < -0.4 is 4.90 Å². The van der Waals surface area contributed by atoms with Gasteiger partial charge in [-0.3, -0.25) is 4.79 Å². The fraction of sp³-hybridized carbons (Fsp3) is 0.542. The fourth-order valence-electron chi connectivity index (χ4n) is 4.88. The number of hydrogen-bond donors (Lipinski definition) is 0. The normalized spacial score (nSPS) is 20.2. The fourth-order valence-corrected chi connectivity index (χ4v) is 4.88. The summed E-state index contributed by atoms with van der Waals surface area (Å²) >= 11 is 0. The van der Waals surface area contributed by atoms with E-state index in [1.807, 2.05) is 12.1 Å². The Kier molecular flexibility index (Phi) is 6.60. The zero-order valence-electron chi connectivity index (χ0n) is 17.8. The van der Waals surface area contributed by atoms with Crippen molar-refractivity contribution in [3.8, 4) is 11.3 Å². The largest absolute Gasteiger partial charge is 0.354 e. The summed E-state index contributed by atoms with van der Waals surface area (Å²) in [5, 5.41) is 8.75. The molecule has 1 atom stereocenters. The third-order valence-electron chi connectivity index (χ3n) is 6.52. The summed E-state index contributed by atoms with van der Waals surface area (Å²) in [5.41, 5.74) is 1.56. The van der Waals surface area contributed by atoms with Gasteiger partial charge in [0.25, 0.3) is 0 Å². The number of benzene rings is 1. The number of hydrogen-bond acceptors (Lipinski definition) is 4. The highest BCUT2D eigenvalue weighted by molar-refractivity contribution is 5.80. The summed E-state index contributed by atoms with van der Waals surface area (Å²) in [4.78, 5) is 17.6. The van der Waals surface area contributed by atoms with Crippen molar-refractivity contribution in [3.05, 3.63) is 42.2 Å². The van der Waals surface area contributed by atoms with Gasteiger partial charge in [0, 0.05) is 31.2 Å². The minimum absolute atomic E-state index is 0.0270. The molecule has 160 valence electrons. The van der Waals surface area contributed by atoms with Gasteiger partial charge in [0.2, 0.25) is 5.91 Å². The average molecular weight is 411 g/mol. The highest BCUT2D eigenvalue weighted by Gasteiger charge is 2.33. The van der Waals surface area contributed by atoms with Gasteiger partial charge < -0.3 is 9.80 Å². The van der Waals surface area contributed by atoms with Crippen LogP contribution in [0.25, 0.3) is 11.3 Å². The second-order valence-corrected chi connectivity index (χ2v) is 8.48. The highest BCUT2D eigenvalue weighted by Crippen LogP contribution is 2.28. The number of anilines is 1. The van der Waals surface area contributed by atoms with E-state index in [0.29, 0.717) is 18.5 Å². The summed E-state index contributed by atoms with van der Waals surface area (Å²) in [6.07, 6.45) is 7.99. The van der Waals surface area contributed by atoms with Crippen LogP contribution >= 0.6 is 0 Å². The molecule has 6 heteroatoms. The maximum Gasteiger partial charge on any atom is 0.227 e. The Morgan fingerprint density at radius 3 is 2.47 bits per heavy atom. The maximum atomic E-state index is 13.3. The number of aromatic nitrogens is 2. The molecule has 1 unspecified atom stereocenters. The van der Waals surface area contributed by atoms with Gasteiger partial charge in [-0.15, -0.1) is 10.2 Å². The van der Waals surface area contributed by atoms with Crippen LogP contribution in [0.15, 0.2) is 36.4 Å². The monoisotopic (exact) mass is 410 g/mol. The van der Waals surface area contributed by atoms with Gasteiger partial charge in [0.05, 0.1) is 11.6 Å². The van der Waals surface area contributed by atoms with E-state index < -0.39 is 0 Å². The zero-order chi connectivity index (χ0) is 20.9. The first-order valence-corrected chi connectivity index (χ1v) is 11.3. The van der Waals surface area contributed by atoms with E-state index in [1.54, 1.807) is 12.1 Å². The predicted octanol–water partition coefficient (Wildman–Crippen LogP) is 4.68. The molecule has 2 fully saturated rings. The standard InChI is InChI=1S/C24H31FN4O/c1-2-29(21-8-4-3-5-9-21)24(30)19-7-6-16-28(17-19)23-15-14-22(26-27-23)18-10-12-20(25)13-11-18/h10-15,19,21H,2-9,16-17H2,1H3. The van der Waals surface area contributed by atoms with E-state index >= 15 is 0 Å². The van der Waals surface area contributed by atoms with E-state index in [1.165, 1.54) is 31.4 Å². The second-order valence-electron chi connectivity index (χ2n) is 8.48. The molecule has 30 heavy (non-hydrogen) atoms. The molecule has 1 saturated heterocycles. The number of amides is 1. The SMILES string of the molecule is CCN(C(=O)C1CCCN(c2ccc(-c3ccc(F)cc3)nn2)C1)C1CCCCC1. The van der Waals surface area contributed by atoms with Crippen molar-refractivity contribution in [2.45, 2.75) is 57.9 Å². The van der Waals surface area contributed by atoms with Gasteiger partial charge in [0.1, 0.15) is 5.82 Å². The average Bonchev–Trinajstić information content (AvgIpc) is 2.81. The Morgan fingerprint density at radius 1 is 1.03 bits per heavy atom. The molecule has 2 heterocycles. The van der Waals surface area contributed by atoms with E-state index in [2.05, 4.69) is 26.9 Å². The molecule has 2 aromatic rings. The molecule has 0 spiro atoms. The highest BCUT2D eigenvalue weighted by atomic mass is 19.1. The van der Waals surface area contributed by atoms with Gasteiger partial charge in [-0.05, 0) is 69.0 Å². The van der Waals surface area contributed by atoms with Gasteiger partial charge in [-0.2, -0.15) is 0 Å². The van der Waals surface area contributed by atoms with Crippen molar-refractivity contribution in [1.82, 2.24) is 15.1 Å². The molecule has 1 aromatic heterocycles. The van der Waals surface area contributed by atoms with E-state index in [-0.39, 0.29) is 11.7 Å². The van der Waals surface area contributed by atoms with Crippen molar-refractivity contribution < 1.29 is 9.18 Å². The Bertz CT molecular complexity index is 833. The van der Waals surface area contributed by atoms with Crippen LogP contribution in [0.3, 0.4) is 0 Å². The lowest BCUT2D eigenvalue weighted by molar-refractivity contribution is -0.138. The molecule has 1 aliphatic carbocycles. The third kappa shape index (κ3) is 4.63. The summed E-state index contributed by atoms with van der Waals surface area (Å²) < 4.78 is 13.1. The molecule has 1 amide bonds. The van der Waals surface area contributed by atoms with Crippen molar-refractivity contribution in [2.24, 2.45) is 5.92 Å². The Balaban J connectivity index is 1.43. The van der Waals surface area contributed by atoms with Crippen LogP contribution in [-0.4, -0.2) is 46.7 Å². The van der Waals surface area contributed by atoms with Crippen LogP contribution in [0.2, 0.25) is 0 Å². The molecule has 4 rings (SSSR count). The molecule has 1 aromatic carbocycles. The van der Waals surface area contributed by atoms with Gasteiger partial charge in [0.15, 0.2) is 5.82 Å². The summed E-state index contributed by atoms with van der Waals surface area (Å²) in [5.74, 6) is 0.880. The Morgan fingerprint density at radius 2 is 1.80 bits per heavy atom. The van der Waals surface area contributed by atoms with Gasteiger partial charge in [-0.25, -0.2) is 4.39 Å². The molecule has 5 nitrogen and oxygen atoms in total. The lowest BCUT2D eigenvalue weighted by Crippen LogP contribution is -2.49. The van der Waals surface area contributed by atoms with E-state index in [0.717, 1.165) is 55.8 Å². The molecule has 2 aliphatic rings. The number of rotatable bonds is 5. The number of carbonyl (C=O) groups is 1. The minimum Gasteiger partial charge on any atom is -0.354 e.